The van der Waals surface area contributed by atoms with Crippen molar-refractivity contribution in [3.8, 4) is 0 Å². The minimum atomic E-state index is -0.103. The van der Waals surface area contributed by atoms with Crippen molar-refractivity contribution < 1.29 is 0 Å². The molecular formula is C13H15Br2N3OS. The van der Waals surface area contributed by atoms with Crippen LogP contribution in [-0.4, -0.2) is 9.78 Å². The Morgan fingerprint density at radius 3 is 2.80 bits per heavy atom. The molecule has 0 saturated heterocycles. The van der Waals surface area contributed by atoms with Crippen LogP contribution in [-0.2, 0) is 13.1 Å². The molecule has 2 aromatic heterocycles. The second-order valence-corrected chi connectivity index (χ2v) is 7.45. The molecule has 0 spiro atoms. The lowest BCUT2D eigenvalue weighted by Gasteiger charge is -2.11. The molecule has 0 aliphatic heterocycles. The summed E-state index contributed by atoms with van der Waals surface area (Å²) in [5.74, 6) is 0.382. The van der Waals surface area contributed by atoms with E-state index in [1.807, 2.05) is 11.4 Å². The Labute approximate surface area is 138 Å². The number of rotatable bonds is 5. The fourth-order valence-corrected chi connectivity index (χ4v) is 3.57. The first-order valence-corrected chi connectivity index (χ1v) is 8.67. The highest BCUT2D eigenvalue weighted by molar-refractivity contribution is 9.11. The summed E-state index contributed by atoms with van der Waals surface area (Å²) < 4.78 is 3.09. The number of anilines is 1. The maximum Gasteiger partial charge on any atom is 0.283 e. The molecular weight excluding hydrogens is 406 g/mol. The van der Waals surface area contributed by atoms with Crippen LogP contribution in [0.1, 0.15) is 18.7 Å². The van der Waals surface area contributed by atoms with Gasteiger partial charge in [0.15, 0.2) is 0 Å². The third-order valence-corrected chi connectivity index (χ3v) is 5.35. The molecule has 0 aliphatic carbocycles. The van der Waals surface area contributed by atoms with Gasteiger partial charge in [0.25, 0.3) is 5.56 Å². The quantitative estimate of drug-likeness (QED) is 0.791. The molecule has 2 rings (SSSR count). The van der Waals surface area contributed by atoms with Crippen molar-refractivity contribution in [3.05, 3.63) is 41.8 Å². The van der Waals surface area contributed by atoms with Gasteiger partial charge in [0.2, 0.25) is 0 Å². The zero-order valence-electron chi connectivity index (χ0n) is 11.2. The molecule has 2 heterocycles. The van der Waals surface area contributed by atoms with E-state index >= 15 is 0 Å². The first-order chi connectivity index (χ1) is 9.49. The smallest absolute Gasteiger partial charge is 0.283 e. The average Bonchev–Trinajstić information content (AvgIpc) is 2.79. The zero-order valence-corrected chi connectivity index (χ0v) is 15.2. The number of hydrogen-bond acceptors (Lipinski definition) is 4. The SMILES string of the molecule is CC(C)Cn1ncc(NCc2sccc2Br)c(Br)c1=O. The highest BCUT2D eigenvalue weighted by Gasteiger charge is 2.10. The summed E-state index contributed by atoms with van der Waals surface area (Å²) in [7, 11) is 0. The van der Waals surface area contributed by atoms with Crippen molar-refractivity contribution in [2.75, 3.05) is 5.32 Å². The molecule has 0 atom stereocenters. The van der Waals surface area contributed by atoms with Crippen molar-refractivity contribution in [1.29, 1.82) is 0 Å². The summed E-state index contributed by atoms with van der Waals surface area (Å²) in [6, 6.07) is 2.01. The molecule has 0 saturated carbocycles. The van der Waals surface area contributed by atoms with E-state index in [2.05, 4.69) is 56.1 Å². The minimum absolute atomic E-state index is 0.103. The standard InChI is InChI=1S/C13H15Br2N3OS/c1-8(2)7-18-13(19)12(15)10(5-17-18)16-6-11-9(14)3-4-20-11/h3-5,8,16H,6-7H2,1-2H3. The predicted molar refractivity (Wildman–Crippen MR) is 90.4 cm³/mol. The third-order valence-electron chi connectivity index (χ3n) is 2.65. The van der Waals surface area contributed by atoms with E-state index in [0.29, 0.717) is 23.5 Å². The maximum absolute atomic E-state index is 12.2. The Kier molecular flexibility index (Phi) is 5.40. The van der Waals surface area contributed by atoms with E-state index in [4.69, 9.17) is 0 Å². The fraction of sp³-hybridized carbons (Fsp3) is 0.385. The Bertz CT molecular complexity index is 651. The number of hydrogen-bond donors (Lipinski definition) is 1. The van der Waals surface area contributed by atoms with Gasteiger partial charge in [-0.2, -0.15) is 5.10 Å². The van der Waals surface area contributed by atoms with E-state index in [-0.39, 0.29) is 5.56 Å². The lowest BCUT2D eigenvalue weighted by molar-refractivity contribution is 0.462. The van der Waals surface area contributed by atoms with Crippen LogP contribution in [0.2, 0.25) is 0 Å². The van der Waals surface area contributed by atoms with Crippen molar-refractivity contribution >= 4 is 48.9 Å². The molecule has 7 heteroatoms. The molecule has 0 amide bonds. The van der Waals surface area contributed by atoms with Gasteiger partial charge in [-0.1, -0.05) is 13.8 Å². The maximum atomic E-state index is 12.2. The largest absolute Gasteiger partial charge is 0.378 e. The van der Waals surface area contributed by atoms with E-state index in [1.165, 1.54) is 9.56 Å². The van der Waals surface area contributed by atoms with Crippen LogP contribution < -0.4 is 10.9 Å². The van der Waals surface area contributed by atoms with Crippen molar-refractivity contribution in [1.82, 2.24) is 9.78 Å². The number of nitrogens with zero attached hydrogens (tertiary/aromatic N) is 2. The number of thiophene rings is 1. The third kappa shape index (κ3) is 3.71. The van der Waals surface area contributed by atoms with Crippen LogP contribution in [0.15, 0.2) is 31.4 Å². The van der Waals surface area contributed by atoms with Crippen molar-refractivity contribution in [2.45, 2.75) is 26.9 Å². The van der Waals surface area contributed by atoms with Crippen LogP contribution in [0.3, 0.4) is 0 Å². The summed E-state index contributed by atoms with van der Waals surface area (Å²) >= 11 is 8.51. The van der Waals surface area contributed by atoms with Crippen molar-refractivity contribution in [2.24, 2.45) is 5.92 Å². The zero-order chi connectivity index (χ0) is 14.7. The molecule has 0 aromatic carbocycles. The van der Waals surface area contributed by atoms with Gasteiger partial charge >= 0.3 is 0 Å². The average molecular weight is 421 g/mol. The first-order valence-electron chi connectivity index (χ1n) is 6.20. The fourth-order valence-electron chi connectivity index (χ4n) is 1.69. The van der Waals surface area contributed by atoms with Gasteiger partial charge in [-0.05, 0) is 49.2 Å². The van der Waals surface area contributed by atoms with Gasteiger partial charge in [-0.15, -0.1) is 11.3 Å². The molecule has 4 nitrogen and oxygen atoms in total. The Morgan fingerprint density at radius 2 is 2.20 bits per heavy atom. The summed E-state index contributed by atoms with van der Waals surface area (Å²) in [4.78, 5) is 13.3. The Hall–Kier alpha value is -0.660. The van der Waals surface area contributed by atoms with Crippen LogP contribution in [0, 0.1) is 5.92 Å². The molecule has 0 unspecified atom stereocenters. The van der Waals surface area contributed by atoms with E-state index in [0.717, 1.165) is 10.2 Å². The molecule has 2 aromatic rings. The molecule has 0 fully saturated rings. The molecule has 0 aliphatic rings. The van der Waals surface area contributed by atoms with Crippen LogP contribution in [0.5, 0.6) is 0 Å². The number of nitrogens with one attached hydrogen (secondary N) is 1. The number of aromatic nitrogens is 2. The topological polar surface area (TPSA) is 46.9 Å². The summed E-state index contributed by atoms with van der Waals surface area (Å²) in [6.07, 6.45) is 1.69. The van der Waals surface area contributed by atoms with Crippen LogP contribution >= 0.6 is 43.2 Å². The molecule has 20 heavy (non-hydrogen) atoms. The number of halogens is 2. The summed E-state index contributed by atoms with van der Waals surface area (Å²) in [6.45, 7) is 5.39. The van der Waals surface area contributed by atoms with E-state index in [1.54, 1.807) is 17.5 Å². The van der Waals surface area contributed by atoms with Crippen molar-refractivity contribution in [3.63, 3.8) is 0 Å². The lowest BCUT2D eigenvalue weighted by atomic mass is 10.2. The summed E-state index contributed by atoms with van der Waals surface area (Å²) in [5, 5.41) is 9.46. The Balaban J connectivity index is 2.15. The van der Waals surface area contributed by atoms with E-state index < -0.39 is 0 Å². The first kappa shape index (κ1) is 15.7. The normalized spacial score (nSPS) is 11.1. The molecule has 1 N–H and O–H groups in total. The van der Waals surface area contributed by atoms with Gasteiger partial charge < -0.3 is 5.32 Å². The second kappa shape index (κ2) is 6.87. The Morgan fingerprint density at radius 1 is 1.45 bits per heavy atom. The molecule has 0 bridgehead atoms. The van der Waals surface area contributed by atoms with Gasteiger partial charge in [0.05, 0.1) is 18.4 Å². The summed E-state index contributed by atoms with van der Waals surface area (Å²) in [5.41, 5.74) is 0.615. The lowest BCUT2D eigenvalue weighted by Crippen LogP contribution is -2.26. The highest BCUT2D eigenvalue weighted by atomic mass is 79.9. The van der Waals surface area contributed by atoms with Gasteiger partial charge in [-0.3, -0.25) is 4.79 Å². The van der Waals surface area contributed by atoms with Gasteiger partial charge in [0, 0.05) is 15.9 Å². The van der Waals surface area contributed by atoms with E-state index in [9.17, 15) is 4.79 Å². The van der Waals surface area contributed by atoms with Crippen LogP contribution in [0.4, 0.5) is 5.69 Å². The molecule has 0 radical (unpaired) electrons. The second-order valence-electron chi connectivity index (χ2n) is 4.80. The minimum Gasteiger partial charge on any atom is -0.378 e. The van der Waals surface area contributed by atoms with Crippen LogP contribution in [0.25, 0.3) is 0 Å². The van der Waals surface area contributed by atoms with Gasteiger partial charge in [0.1, 0.15) is 4.47 Å². The molecule has 108 valence electrons. The predicted octanol–water partition coefficient (Wildman–Crippen LogP) is 4.10. The highest BCUT2D eigenvalue weighted by Crippen LogP contribution is 2.24. The van der Waals surface area contributed by atoms with Gasteiger partial charge in [-0.25, -0.2) is 4.68 Å². The monoisotopic (exact) mass is 419 g/mol.